The molecule has 1 aliphatic heterocycles. The van der Waals surface area contributed by atoms with E-state index in [-0.39, 0.29) is 12.7 Å². The fourth-order valence-electron chi connectivity index (χ4n) is 4.12. The molecule has 1 aliphatic rings. The largest absolute Gasteiger partial charge is 0.501 e. The second-order valence-electron chi connectivity index (χ2n) is 9.48. The number of nitrogens with zero attached hydrogens (tertiary/aromatic N) is 2. The molecule has 0 radical (unpaired) electrons. The molecule has 0 saturated carbocycles. The van der Waals surface area contributed by atoms with E-state index in [4.69, 9.17) is 14.9 Å². The molecule has 1 fully saturated rings. The predicted molar refractivity (Wildman–Crippen MR) is 150 cm³/mol. The Kier molecular flexibility index (Phi) is 11.3. The van der Waals surface area contributed by atoms with Gasteiger partial charge in [0.05, 0.1) is 16.7 Å². The van der Waals surface area contributed by atoms with Gasteiger partial charge in [0.25, 0.3) is 9.84 Å². The van der Waals surface area contributed by atoms with Crippen molar-refractivity contribution in [3.05, 3.63) is 48.5 Å². The summed E-state index contributed by atoms with van der Waals surface area (Å²) in [5.74, 6) is 0.356. The molecule has 2 aromatic carbocycles. The third-order valence-corrected chi connectivity index (χ3v) is 10.8. The van der Waals surface area contributed by atoms with Gasteiger partial charge in [0, 0.05) is 56.0 Å². The number of piperazine rings is 1. The van der Waals surface area contributed by atoms with Crippen LogP contribution in [0.3, 0.4) is 0 Å². The first-order valence-electron chi connectivity index (χ1n) is 12.4. The Morgan fingerprint density at radius 2 is 1.56 bits per heavy atom. The summed E-state index contributed by atoms with van der Waals surface area (Å²) in [5, 5.41) is 7.95. The second-order valence-corrected chi connectivity index (χ2v) is 15.8. The molecule has 1 atom stereocenters. The van der Waals surface area contributed by atoms with Crippen LogP contribution in [0.5, 0.6) is 0 Å². The first-order valence-corrected chi connectivity index (χ1v) is 18.2. The van der Waals surface area contributed by atoms with Crippen LogP contribution in [0, 0.1) is 0 Å². The minimum absolute atomic E-state index is 0.233. The number of nitrogens with one attached hydrogen (secondary N) is 1. The van der Waals surface area contributed by atoms with Gasteiger partial charge in [-0.05, 0) is 36.8 Å². The van der Waals surface area contributed by atoms with Crippen molar-refractivity contribution < 1.29 is 44.4 Å². The van der Waals surface area contributed by atoms with E-state index < -0.39 is 54.5 Å². The van der Waals surface area contributed by atoms with Crippen LogP contribution in [-0.2, 0) is 24.4 Å². The van der Waals surface area contributed by atoms with Crippen molar-refractivity contribution in [2.45, 2.75) is 32.7 Å². The molecule has 5 N–H and O–H groups in total. The Bertz CT molecular complexity index is 1430. The molecule has 11 nitrogen and oxygen atoms in total. The van der Waals surface area contributed by atoms with Gasteiger partial charge in [0.1, 0.15) is 4.90 Å². The van der Waals surface area contributed by atoms with E-state index in [2.05, 4.69) is 10.2 Å². The minimum Gasteiger partial charge on any atom is -0.380 e. The average Bonchev–Trinajstić information content (AvgIpc) is 2.88. The van der Waals surface area contributed by atoms with Gasteiger partial charge in [-0.15, -0.1) is 11.8 Å². The number of thioether (sulfide) groups is 1. The van der Waals surface area contributed by atoms with E-state index in [1.54, 1.807) is 0 Å². The minimum atomic E-state index is -5.92. The SMILES string of the molecule is NS(=O)(=O)c1ccc(NC(CCN2CCN(CCP(=O)(O)O)CC2)CSc2ccccc2)c(S(=O)(=O)C(F)(F)F)c1. The van der Waals surface area contributed by atoms with Gasteiger partial charge in [-0.2, -0.15) is 13.2 Å². The number of halogens is 3. The molecule has 1 heterocycles. The number of hydrogen-bond acceptors (Lipinski definition) is 9. The lowest BCUT2D eigenvalue weighted by molar-refractivity contribution is -0.0435. The monoisotopic (exact) mass is 660 g/mol. The fourth-order valence-corrected chi connectivity index (χ4v) is 7.22. The molecule has 1 saturated heterocycles. The lowest BCUT2D eigenvalue weighted by Crippen LogP contribution is -2.48. The van der Waals surface area contributed by atoms with E-state index in [1.165, 1.54) is 11.8 Å². The molecule has 2 aromatic rings. The van der Waals surface area contributed by atoms with E-state index >= 15 is 0 Å². The van der Waals surface area contributed by atoms with Crippen molar-refractivity contribution in [1.29, 1.82) is 0 Å². The predicted octanol–water partition coefficient (Wildman–Crippen LogP) is 2.39. The Labute approximate surface area is 241 Å². The summed E-state index contributed by atoms with van der Waals surface area (Å²) < 4.78 is 100. The molecule has 0 aliphatic carbocycles. The summed E-state index contributed by atoms with van der Waals surface area (Å²) >= 11 is 1.42. The van der Waals surface area contributed by atoms with Crippen LogP contribution in [0.25, 0.3) is 0 Å². The number of benzene rings is 2. The maximum Gasteiger partial charge on any atom is 0.501 e. The van der Waals surface area contributed by atoms with Crippen molar-refractivity contribution in [3.8, 4) is 0 Å². The first-order chi connectivity index (χ1) is 19.0. The molecule has 230 valence electrons. The van der Waals surface area contributed by atoms with Gasteiger partial charge in [-0.25, -0.2) is 22.0 Å². The van der Waals surface area contributed by atoms with Gasteiger partial charge >= 0.3 is 13.1 Å². The Morgan fingerprint density at radius 1 is 0.976 bits per heavy atom. The van der Waals surface area contributed by atoms with Crippen LogP contribution >= 0.6 is 19.4 Å². The zero-order chi connectivity index (χ0) is 30.5. The highest BCUT2D eigenvalue weighted by atomic mass is 32.2. The normalized spacial score (nSPS) is 16.9. The Balaban J connectivity index is 1.79. The number of primary sulfonamides is 1. The lowest BCUT2D eigenvalue weighted by atomic mass is 10.2. The van der Waals surface area contributed by atoms with E-state index in [0.29, 0.717) is 51.0 Å². The van der Waals surface area contributed by atoms with Crippen molar-refractivity contribution in [3.63, 3.8) is 0 Å². The molecule has 0 bridgehead atoms. The van der Waals surface area contributed by atoms with Crippen LogP contribution in [-0.4, -0.2) is 99.2 Å². The number of nitrogens with two attached hydrogens (primary N) is 1. The fraction of sp³-hybridized carbons (Fsp3) is 0.478. The second kappa shape index (κ2) is 13.7. The number of sulfone groups is 1. The molecular formula is C23H32F3N4O7PS3. The van der Waals surface area contributed by atoms with E-state index in [9.17, 15) is 34.6 Å². The van der Waals surface area contributed by atoms with Gasteiger partial charge in [0.15, 0.2) is 0 Å². The highest BCUT2D eigenvalue weighted by molar-refractivity contribution is 7.99. The Morgan fingerprint density at radius 3 is 2.10 bits per heavy atom. The summed E-state index contributed by atoms with van der Waals surface area (Å²) in [5.41, 5.74) is -6.07. The van der Waals surface area contributed by atoms with Crippen molar-refractivity contribution in [2.75, 3.05) is 56.5 Å². The van der Waals surface area contributed by atoms with Crippen LogP contribution < -0.4 is 10.5 Å². The molecule has 3 rings (SSSR count). The van der Waals surface area contributed by atoms with Gasteiger partial charge in [-0.1, -0.05) is 18.2 Å². The summed E-state index contributed by atoms with van der Waals surface area (Å²) in [6.45, 7) is 3.16. The smallest absolute Gasteiger partial charge is 0.380 e. The van der Waals surface area contributed by atoms with Crippen LogP contribution in [0.4, 0.5) is 18.9 Å². The Hall–Kier alpha value is -1.69. The van der Waals surface area contributed by atoms with Crippen molar-refractivity contribution in [1.82, 2.24) is 9.80 Å². The highest BCUT2D eigenvalue weighted by Crippen LogP contribution is 2.36. The number of alkyl halides is 3. The number of sulfonamides is 1. The summed E-state index contributed by atoms with van der Waals surface area (Å²) in [4.78, 5) is 21.1. The lowest BCUT2D eigenvalue weighted by Gasteiger charge is -2.35. The van der Waals surface area contributed by atoms with Gasteiger partial charge in [0.2, 0.25) is 10.0 Å². The molecule has 1 unspecified atom stereocenters. The molecule has 0 aromatic heterocycles. The summed E-state index contributed by atoms with van der Waals surface area (Å²) in [6.07, 6.45) is 0.174. The molecule has 0 amide bonds. The van der Waals surface area contributed by atoms with Crippen LogP contribution in [0.1, 0.15) is 6.42 Å². The third-order valence-electron chi connectivity index (χ3n) is 6.40. The van der Waals surface area contributed by atoms with E-state index in [1.807, 2.05) is 35.2 Å². The number of hydrogen-bond donors (Lipinski definition) is 4. The van der Waals surface area contributed by atoms with Gasteiger partial charge < -0.3 is 24.9 Å². The molecular weight excluding hydrogens is 628 g/mol. The van der Waals surface area contributed by atoms with E-state index in [0.717, 1.165) is 17.0 Å². The summed E-state index contributed by atoms with van der Waals surface area (Å²) in [7, 11) is -14.5. The number of rotatable bonds is 13. The topological polar surface area (TPSA) is 170 Å². The zero-order valence-electron chi connectivity index (χ0n) is 21.8. The average molecular weight is 661 g/mol. The third kappa shape index (κ3) is 10.2. The zero-order valence-corrected chi connectivity index (χ0v) is 25.1. The maximum atomic E-state index is 13.5. The van der Waals surface area contributed by atoms with Crippen molar-refractivity contribution >= 4 is 44.9 Å². The quantitative estimate of drug-likeness (QED) is 0.184. The molecule has 18 heteroatoms. The number of anilines is 1. The van der Waals surface area contributed by atoms with Crippen LogP contribution in [0.15, 0.2) is 63.2 Å². The van der Waals surface area contributed by atoms with Gasteiger partial charge in [-0.3, -0.25) is 4.57 Å². The summed E-state index contributed by atoms with van der Waals surface area (Å²) in [6, 6.07) is 11.0. The molecule has 0 spiro atoms. The highest BCUT2D eigenvalue weighted by Gasteiger charge is 2.48. The van der Waals surface area contributed by atoms with Crippen molar-refractivity contribution in [2.24, 2.45) is 5.14 Å². The first kappa shape index (κ1) is 33.8. The standard InChI is InChI=1S/C23H32F3N4O7PS3/c24-23(25,26)40(34,35)22-16-20(41(27,36)37)6-7-21(22)28-18(17-39-19-4-2-1-3-5-19)8-9-29-10-12-30(13-11-29)14-15-38(31,32)33/h1-7,16,18,28H,8-15,17H2,(H2,27,36,37)(H2,31,32,33). The maximum absolute atomic E-state index is 13.5. The van der Waals surface area contributed by atoms with Crippen LogP contribution in [0.2, 0.25) is 0 Å². The molecule has 41 heavy (non-hydrogen) atoms.